The number of hydrogen-bond donors (Lipinski definition) is 1. The summed E-state index contributed by atoms with van der Waals surface area (Å²) in [5, 5.41) is 2.07. The van der Waals surface area contributed by atoms with E-state index in [1.807, 2.05) is 0 Å². The van der Waals surface area contributed by atoms with E-state index in [4.69, 9.17) is 9.84 Å². The summed E-state index contributed by atoms with van der Waals surface area (Å²) in [6, 6.07) is 0. The number of hydrogen-bond acceptors (Lipinski definition) is 5. The molecule has 10 heteroatoms. The van der Waals surface area contributed by atoms with E-state index < -0.39 is 21.4 Å². The molecule has 0 aliphatic rings. The van der Waals surface area contributed by atoms with Crippen molar-refractivity contribution in [1.82, 2.24) is 0 Å². The van der Waals surface area contributed by atoms with Crippen LogP contribution in [-0.4, -0.2) is 37.3 Å². The number of alkyl halides is 2. The largest absolute Gasteiger partial charge is 0.476 e. The van der Waals surface area contributed by atoms with Crippen LogP contribution in [0, 0.1) is 0 Å². The van der Waals surface area contributed by atoms with Crippen LogP contribution in [0.25, 0.3) is 0 Å². The van der Waals surface area contributed by atoms with E-state index >= 15 is 0 Å². The quantitative estimate of drug-likeness (QED) is 0.335. The minimum atomic E-state index is -6.33. The Morgan fingerprint density at radius 2 is 1.42 bits per heavy atom. The molecule has 6 nitrogen and oxygen atoms in total. The second kappa shape index (κ2) is 13.0. The Balaban J connectivity index is 0. The molecule has 0 rings (SSSR count). The van der Waals surface area contributed by atoms with Crippen LogP contribution in [0.15, 0.2) is 0 Å². The molecule has 0 aromatic carbocycles. The van der Waals surface area contributed by atoms with Crippen molar-refractivity contribution in [1.29, 1.82) is 0 Å². The van der Waals surface area contributed by atoms with Gasteiger partial charge in [0.15, 0.2) is 0 Å². The van der Waals surface area contributed by atoms with Crippen molar-refractivity contribution < 1.29 is 40.5 Å². The number of carbonyl (C=O) groups is 2. The first-order valence-corrected chi connectivity index (χ1v) is 9.04. The van der Waals surface area contributed by atoms with E-state index in [1.165, 1.54) is 51.9 Å². The first kappa shape index (κ1) is 24.9. The van der Waals surface area contributed by atoms with Gasteiger partial charge in [-0.3, -0.25) is 4.79 Å². The Hall–Kier alpha value is -1.32. The van der Waals surface area contributed by atoms with Crippen LogP contribution in [0.3, 0.4) is 0 Å². The molecule has 0 amide bonds. The zero-order valence-corrected chi connectivity index (χ0v) is 14.7. The SMILES string of the molecule is CCCCCCCCCCOC(C)=O.O=C(O)C(F)(F)S(=O)(=O)F. The summed E-state index contributed by atoms with van der Waals surface area (Å²) in [5.74, 6) is -3.19. The zero-order chi connectivity index (χ0) is 19.2. The van der Waals surface area contributed by atoms with Gasteiger partial charge in [0.25, 0.3) is 0 Å². The molecule has 0 saturated heterocycles. The number of esters is 1. The molecule has 0 aliphatic carbocycles. The fourth-order valence-corrected chi connectivity index (χ4v) is 1.76. The predicted molar refractivity (Wildman–Crippen MR) is 81.9 cm³/mol. The van der Waals surface area contributed by atoms with Gasteiger partial charge in [0.05, 0.1) is 6.61 Å². The third-order valence-corrected chi connectivity index (χ3v) is 3.65. The highest BCUT2D eigenvalue weighted by Crippen LogP contribution is 2.22. The van der Waals surface area contributed by atoms with Gasteiger partial charge in [-0.1, -0.05) is 55.8 Å². The van der Waals surface area contributed by atoms with Gasteiger partial charge in [-0.15, -0.1) is 0 Å². The Kier molecular flexibility index (Phi) is 13.5. The Labute approximate surface area is 140 Å². The van der Waals surface area contributed by atoms with Crippen LogP contribution in [0.5, 0.6) is 0 Å². The first-order chi connectivity index (χ1) is 11.0. The number of carboxylic acid groups (broad SMARTS) is 1. The molecule has 0 aromatic rings. The van der Waals surface area contributed by atoms with Crippen molar-refractivity contribution in [3.8, 4) is 0 Å². The first-order valence-electron chi connectivity index (χ1n) is 7.65. The molecule has 144 valence electrons. The van der Waals surface area contributed by atoms with Crippen molar-refractivity contribution in [2.45, 2.75) is 70.5 Å². The summed E-state index contributed by atoms with van der Waals surface area (Å²) in [6.07, 6.45) is 10.2. The lowest BCUT2D eigenvalue weighted by molar-refractivity contribution is -0.154. The van der Waals surface area contributed by atoms with Gasteiger partial charge in [-0.2, -0.15) is 17.2 Å². The van der Waals surface area contributed by atoms with E-state index in [-0.39, 0.29) is 5.97 Å². The summed E-state index contributed by atoms with van der Waals surface area (Å²) >= 11 is 0. The van der Waals surface area contributed by atoms with Crippen molar-refractivity contribution in [2.75, 3.05) is 6.61 Å². The summed E-state index contributed by atoms with van der Waals surface area (Å²) in [6.45, 7) is 4.30. The van der Waals surface area contributed by atoms with Crippen LogP contribution < -0.4 is 0 Å². The molecule has 0 saturated carbocycles. The van der Waals surface area contributed by atoms with Gasteiger partial charge in [0.2, 0.25) is 0 Å². The van der Waals surface area contributed by atoms with Crippen molar-refractivity contribution >= 4 is 22.2 Å². The van der Waals surface area contributed by atoms with E-state index in [0.29, 0.717) is 6.61 Å². The van der Waals surface area contributed by atoms with E-state index in [9.17, 15) is 30.7 Å². The van der Waals surface area contributed by atoms with E-state index in [1.54, 1.807) is 0 Å². The summed E-state index contributed by atoms with van der Waals surface area (Å²) in [7, 11) is -6.33. The number of carboxylic acids is 1. The van der Waals surface area contributed by atoms with Crippen LogP contribution in [0.1, 0.15) is 65.2 Å². The zero-order valence-electron chi connectivity index (χ0n) is 13.9. The van der Waals surface area contributed by atoms with Gasteiger partial charge in [0.1, 0.15) is 0 Å². The second-order valence-corrected chi connectivity index (χ2v) is 6.46. The number of unbranched alkanes of at least 4 members (excludes halogenated alkanes) is 7. The Morgan fingerprint density at radius 1 is 1.00 bits per heavy atom. The molecule has 0 unspecified atom stereocenters. The average Bonchev–Trinajstić information content (AvgIpc) is 2.44. The molecule has 0 spiro atoms. The van der Waals surface area contributed by atoms with Gasteiger partial charge in [0, 0.05) is 6.92 Å². The average molecular weight is 378 g/mol. The van der Waals surface area contributed by atoms with Gasteiger partial charge < -0.3 is 9.84 Å². The number of ether oxygens (including phenoxy) is 1. The molecular weight excluding hydrogens is 353 g/mol. The molecule has 0 atom stereocenters. The minimum Gasteiger partial charge on any atom is -0.476 e. The topological polar surface area (TPSA) is 97.7 Å². The van der Waals surface area contributed by atoms with Crippen molar-refractivity contribution in [3.63, 3.8) is 0 Å². The number of halogens is 3. The molecule has 0 aromatic heterocycles. The maximum atomic E-state index is 11.5. The highest BCUT2D eigenvalue weighted by molar-refractivity contribution is 7.88. The lowest BCUT2D eigenvalue weighted by Crippen LogP contribution is -2.34. The fraction of sp³-hybridized carbons (Fsp3) is 0.857. The van der Waals surface area contributed by atoms with Crippen LogP contribution in [0.4, 0.5) is 12.7 Å². The van der Waals surface area contributed by atoms with Crippen molar-refractivity contribution in [3.05, 3.63) is 0 Å². The van der Waals surface area contributed by atoms with Crippen molar-refractivity contribution in [2.24, 2.45) is 0 Å². The summed E-state index contributed by atoms with van der Waals surface area (Å²) < 4.78 is 57.7. The molecule has 0 heterocycles. The number of rotatable bonds is 11. The second-order valence-electron chi connectivity index (χ2n) is 5.07. The highest BCUT2D eigenvalue weighted by atomic mass is 32.3. The normalized spacial score (nSPS) is 11.4. The molecular formula is C14H25F3O6S. The third-order valence-electron chi connectivity index (χ3n) is 2.86. The standard InChI is InChI=1S/C12H24O2.C2HF3O4S/c1-3-4-5-6-7-8-9-10-11-14-12(2)13;3-2(4,1(6)7)10(5,8)9/h3-11H2,1-2H3;(H,6,7). The number of aliphatic carboxylic acids is 1. The van der Waals surface area contributed by atoms with Gasteiger partial charge in [-0.25, -0.2) is 4.79 Å². The number of carbonyl (C=O) groups excluding carboxylic acids is 1. The maximum Gasteiger partial charge on any atom is 0.470 e. The van der Waals surface area contributed by atoms with E-state index in [2.05, 4.69) is 6.92 Å². The molecule has 0 bridgehead atoms. The monoisotopic (exact) mass is 378 g/mol. The molecule has 0 fully saturated rings. The fourth-order valence-electron chi connectivity index (χ4n) is 1.56. The van der Waals surface area contributed by atoms with Crippen LogP contribution >= 0.6 is 0 Å². The minimum absolute atomic E-state index is 0.159. The molecule has 0 radical (unpaired) electrons. The van der Waals surface area contributed by atoms with E-state index in [0.717, 1.165) is 6.42 Å². The third kappa shape index (κ3) is 13.1. The lowest BCUT2D eigenvalue weighted by Gasteiger charge is -2.02. The molecule has 0 aliphatic heterocycles. The van der Waals surface area contributed by atoms with Crippen LogP contribution in [0.2, 0.25) is 0 Å². The molecule has 1 N–H and O–H groups in total. The lowest BCUT2D eigenvalue weighted by atomic mass is 10.1. The highest BCUT2D eigenvalue weighted by Gasteiger charge is 2.54. The smallest absolute Gasteiger partial charge is 0.470 e. The Bertz CT molecular complexity index is 465. The Morgan fingerprint density at radius 3 is 1.71 bits per heavy atom. The summed E-state index contributed by atoms with van der Waals surface area (Å²) in [4.78, 5) is 19.7. The van der Waals surface area contributed by atoms with Gasteiger partial charge >= 0.3 is 27.4 Å². The van der Waals surface area contributed by atoms with Crippen LogP contribution in [-0.2, 0) is 24.5 Å². The molecule has 24 heavy (non-hydrogen) atoms. The summed E-state index contributed by atoms with van der Waals surface area (Å²) in [5.41, 5.74) is 0. The maximum absolute atomic E-state index is 11.5. The predicted octanol–water partition coefficient (Wildman–Crippen LogP) is 3.65. The van der Waals surface area contributed by atoms with Gasteiger partial charge in [-0.05, 0) is 6.42 Å².